The molecular formula is C8H15NS. The molecule has 0 amide bonds. The Balaban J connectivity index is 2.19. The van der Waals surface area contributed by atoms with Gasteiger partial charge in [-0.05, 0) is 18.6 Å². The number of hydrogen-bond acceptors (Lipinski definition) is 2. The van der Waals surface area contributed by atoms with Crippen LogP contribution >= 0.6 is 11.8 Å². The molecule has 2 heteroatoms. The number of rotatable bonds is 2. The van der Waals surface area contributed by atoms with E-state index in [1.54, 1.807) is 0 Å². The molecule has 1 unspecified atom stereocenters. The predicted octanol–water partition coefficient (Wildman–Crippen LogP) is 1.79. The summed E-state index contributed by atoms with van der Waals surface area (Å²) in [6.07, 6.45) is 8.47. The number of hydrogen-bond donors (Lipinski definition) is 1. The van der Waals surface area contributed by atoms with Crippen molar-refractivity contribution in [2.24, 2.45) is 5.73 Å². The fourth-order valence-electron chi connectivity index (χ4n) is 1.15. The predicted molar refractivity (Wildman–Crippen MR) is 48.3 cm³/mol. The first-order valence-corrected chi connectivity index (χ1v) is 4.96. The Bertz CT molecular complexity index is 106. The van der Waals surface area contributed by atoms with E-state index in [4.69, 9.17) is 5.73 Å². The molecule has 0 radical (unpaired) electrons. The monoisotopic (exact) mass is 157 g/mol. The van der Waals surface area contributed by atoms with Gasteiger partial charge in [0.1, 0.15) is 0 Å². The lowest BCUT2D eigenvalue weighted by Gasteiger charge is -2.17. The Hall–Kier alpha value is 0.0500. The smallest absolute Gasteiger partial charge is 0.0227 e. The highest BCUT2D eigenvalue weighted by molar-refractivity contribution is 8.00. The van der Waals surface area contributed by atoms with Gasteiger partial charge in [0, 0.05) is 11.8 Å². The van der Waals surface area contributed by atoms with Crippen molar-refractivity contribution in [2.45, 2.75) is 24.5 Å². The van der Waals surface area contributed by atoms with Crippen LogP contribution in [0.1, 0.15) is 19.3 Å². The molecule has 1 atom stereocenters. The van der Waals surface area contributed by atoms with E-state index in [9.17, 15) is 0 Å². The first-order valence-electron chi connectivity index (χ1n) is 3.92. The number of thioether (sulfide) groups is 1. The van der Waals surface area contributed by atoms with E-state index in [1.165, 1.54) is 25.0 Å². The maximum atomic E-state index is 5.35. The normalized spacial score (nSPS) is 27.5. The molecule has 0 spiro atoms. The summed E-state index contributed by atoms with van der Waals surface area (Å²) in [5.41, 5.74) is 5.35. The molecular weight excluding hydrogens is 142 g/mol. The molecule has 1 rings (SSSR count). The van der Waals surface area contributed by atoms with Gasteiger partial charge in [-0.15, -0.1) is 0 Å². The van der Waals surface area contributed by atoms with Crippen molar-refractivity contribution in [1.82, 2.24) is 0 Å². The quantitative estimate of drug-likeness (QED) is 0.618. The summed E-state index contributed by atoms with van der Waals surface area (Å²) in [4.78, 5) is 0. The molecule has 0 aliphatic carbocycles. The average Bonchev–Trinajstić information content (AvgIpc) is 2.03. The SMILES string of the molecule is NC/C=C\C1CCCCS1. The molecule has 1 heterocycles. The minimum absolute atomic E-state index is 0.692. The molecule has 1 saturated heterocycles. The van der Waals surface area contributed by atoms with Gasteiger partial charge in [0.05, 0.1) is 0 Å². The minimum atomic E-state index is 0.692. The molecule has 1 aliphatic rings. The van der Waals surface area contributed by atoms with E-state index in [0.717, 1.165) is 5.25 Å². The summed E-state index contributed by atoms with van der Waals surface area (Å²) in [7, 11) is 0. The zero-order valence-electron chi connectivity index (χ0n) is 6.25. The molecule has 1 nitrogen and oxygen atoms in total. The molecule has 0 aromatic rings. The van der Waals surface area contributed by atoms with E-state index < -0.39 is 0 Å². The molecule has 0 aromatic carbocycles. The Morgan fingerprint density at radius 1 is 1.50 bits per heavy atom. The lowest BCUT2D eigenvalue weighted by atomic mass is 10.2. The first kappa shape index (κ1) is 8.15. The van der Waals surface area contributed by atoms with Gasteiger partial charge in [-0.3, -0.25) is 0 Å². The zero-order chi connectivity index (χ0) is 7.23. The van der Waals surface area contributed by atoms with Gasteiger partial charge >= 0.3 is 0 Å². The van der Waals surface area contributed by atoms with Crippen LogP contribution in [0.5, 0.6) is 0 Å². The van der Waals surface area contributed by atoms with Gasteiger partial charge in [0.15, 0.2) is 0 Å². The molecule has 0 saturated carbocycles. The summed E-state index contributed by atoms with van der Waals surface area (Å²) in [5, 5.41) is 0.761. The third-order valence-corrected chi connectivity index (χ3v) is 3.05. The average molecular weight is 157 g/mol. The third kappa shape index (κ3) is 2.76. The summed E-state index contributed by atoms with van der Waals surface area (Å²) < 4.78 is 0. The first-order chi connectivity index (χ1) is 4.93. The van der Waals surface area contributed by atoms with Crippen LogP contribution in [-0.2, 0) is 0 Å². The Kier molecular flexibility index (Phi) is 3.91. The summed E-state index contributed by atoms with van der Waals surface area (Å²) in [6, 6.07) is 0. The highest BCUT2D eigenvalue weighted by Crippen LogP contribution is 2.25. The van der Waals surface area contributed by atoms with Gasteiger partial charge < -0.3 is 5.73 Å². The minimum Gasteiger partial charge on any atom is -0.327 e. The highest BCUT2D eigenvalue weighted by Gasteiger charge is 2.09. The third-order valence-electron chi connectivity index (χ3n) is 1.70. The Labute approximate surface area is 67.1 Å². The molecule has 2 N–H and O–H groups in total. The van der Waals surface area contributed by atoms with E-state index in [0.29, 0.717) is 6.54 Å². The Morgan fingerprint density at radius 2 is 2.40 bits per heavy atom. The number of nitrogens with two attached hydrogens (primary N) is 1. The molecule has 1 fully saturated rings. The van der Waals surface area contributed by atoms with Crippen LogP contribution in [0, 0.1) is 0 Å². The van der Waals surface area contributed by atoms with Crippen LogP contribution in [0.3, 0.4) is 0 Å². The van der Waals surface area contributed by atoms with Crippen molar-refractivity contribution in [3.8, 4) is 0 Å². The standard InChI is InChI=1S/C8H15NS/c9-6-3-5-8-4-1-2-7-10-8/h3,5,8H,1-2,4,6-7,9H2/b5-3-. The van der Waals surface area contributed by atoms with E-state index in [-0.39, 0.29) is 0 Å². The maximum Gasteiger partial charge on any atom is 0.0227 e. The second kappa shape index (κ2) is 4.80. The highest BCUT2D eigenvalue weighted by atomic mass is 32.2. The van der Waals surface area contributed by atoms with E-state index in [2.05, 4.69) is 23.9 Å². The van der Waals surface area contributed by atoms with Crippen molar-refractivity contribution >= 4 is 11.8 Å². The Morgan fingerprint density at radius 3 is 3.00 bits per heavy atom. The fourth-order valence-corrected chi connectivity index (χ4v) is 2.38. The van der Waals surface area contributed by atoms with Crippen LogP contribution in [0.25, 0.3) is 0 Å². The van der Waals surface area contributed by atoms with Crippen LogP contribution in [0.2, 0.25) is 0 Å². The van der Waals surface area contributed by atoms with E-state index in [1.807, 2.05) is 0 Å². The van der Waals surface area contributed by atoms with Crippen molar-refractivity contribution in [1.29, 1.82) is 0 Å². The van der Waals surface area contributed by atoms with Gasteiger partial charge in [0.25, 0.3) is 0 Å². The van der Waals surface area contributed by atoms with Gasteiger partial charge in [0.2, 0.25) is 0 Å². The summed E-state index contributed by atoms with van der Waals surface area (Å²) in [5.74, 6) is 1.33. The lowest BCUT2D eigenvalue weighted by molar-refractivity contribution is 0.719. The van der Waals surface area contributed by atoms with Crippen molar-refractivity contribution in [3.63, 3.8) is 0 Å². The molecule has 0 aromatic heterocycles. The van der Waals surface area contributed by atoms with Crippen molar-refractivity contribution in [2.75, 3.05) is 12.3 Å². The zero-order valence-corrected chi connectivity index (χ0v) is 7.07. The second-order valence-corrected chi connectivity index (χ2v) is 3.92. The van der Waals surface area contributed by atoms with Gasteiger partial charge in [-0.2, -0.15) is 11.8 Å². The fraction of sp³-hybridized carbons (Fsp3) is 0.750. The topological polar surface area (TPSA) is 26.0 Å². The summed E-state index contributed by atoms with van der Waals surface area (Å²) in [6.45, 7) is 0.692. The summed E-state index contributed by atoms with van der Waals surface area (Å²) >= 11 is 2.06. The van der Waals surface area contributed by atoms with Gasteiger partial charge in [-0.25, -0.2) is 0 Å². The maximum absolute atomic E-state index is 5.35. The molecule has 58 valence electrons. The van der Waals surface area contributed by atoms with Crippen LogP contribution in [0.4, 0.5) is 0 Å². The van der Waals surface area contributed by atoms with Crippen LogP contribution in [0.15, 0.2) is 12.2 Å². The lowest BCUT2D eigenvalue weighted by Crippen LogP contribution is -2.06. The van der Waals surface area contributed by atoms with Crippen LogP contribution in [-0.4, -0.2) is 17.5 Å². The van der Waals surface area contributed by atoms with Crippen LogP contribution < -0.4 is 5.73 Å². The van der Waals surface area contributed by atoms with E-state index >= 15 is 0 Å². The van der Waals surface area contributed by atoms with Crippen molar-refractivity contribution in [3.05, 3.63) is 12.2 Å². The molecule has 0 bridgehead atoms. The largest absolute Gasteiger partial charge is 0.327 e. The molecule has 1 aliphatic heterocycles. The van der Waals surface area contributed by atoms with Crippen molar-refractivity contribution < 1.29 is 0 Å². The second-order valence-electron chi connectivity index (χ2n) is 2.57. The van der Waals surface area contributed by atoms with Gasteiger partial charge in [-0.1, -0.05) is 18.6 Å². The molecule has 10 heavy (non-hydrogen) atoms.